The van der Waals surface area contributed by atoms with E-state index in [9.17, 15) is 18.0 Å². The Kier molecular flexibility index (Phi) is 4.09. The molecule has 1 N–H and O–H groups in total. The first-order valence-electron chi connectivity index (χ1n) is 7.27. The van der Waals surface area contributed by atoms with Crippen LogP contribution in [0.2, 0.25) is 0 Å². The lowest BCUT2D eigenvalue weighted by Crippen LogP contribution is -2.44. The zero-order chi connectivity index (χ0) is 16.2. The van der Waals surface area contributed by atoms with Crippen LogP contribution in [-0.4, -0.2) is 30.4 Å². The number of carbonyl (C=O) groups is 1. The van der Waals surface area contributed by atoms with Crippen molar-refractivity contribution in [1.82, 2.24) is 10.2 Å². The summed E-state index contributed by atoms with van der Waals surface area (Å²) >= 11 is 0. The number of amides is 1. The number of rotatable bonds is 1. The molecule has 4 nitrogen and oxygen atoms in total. The minimum Gasteiger partial charge on any atom is -0.464 e. The van der Waals surface area contributed by atoms with E-state index in [4.69, 9.17) is 4.42 Å². The van der Waals surface area contributed by atoms with E-state index in [1.807, 2.05) is 0 Å². The van der Waals surface area contributed by atoms with Crippen LogP contribution in [-0.2, 0) is 6.18 Å². The van der Waals surface area contributed by atoms with Crippen molar-refractivity contribution in [3.63, 3.8) is 0 Å². The first kappa shape index (κ1) is 16.9. The van der Waals surface area contributed by atoms with Gasteiger partial charge in [0.05, 0.1) is 23.4 Å². The molecular weight excluding hydrogens is 345 g/mol. The molecule has 0 unspecified atom stereocenters. The van der Waals surface area contributed by atoms with Gasteiger partial charge in [0.15, 0.2) is 0 Å². The molecule has 2 aliphatic heterocycles. The molecule has 128 valence electrons. The van der Waals surface area contributed by atoms with Crippen LogP contribution in [0, 0.1) is 0 Å². The highest BCUT2D eigenvalue weighted by Gasteiger charge is 2.45. The molecule has 0 aliphatic carbocycles. The van der Waals surface area contributed by atoms with Gasteiger partial charge in [-0.25, -0.2) is 0 Å². The Morgan fingerprint density at radius 2 is 2.08 bits per heavy atom. The van der Waals surface area contributed by atoms with Gasteiger partial charge in [0.25, 0.3) is 5.91 Å². The first-order chi connectivity index (χ1) is 11.0. The van der Waals surface area contributed by atoms with Crippen LogP contribution in [0.25, 0.3) is 11.3 Å². The molecule has 0 saturated carbocycles. The highest BCUT2D eigenvalue weighted by molar-refractivity contribution is 6.01. The van der Waals surface area contributed by atoms with Crippen LogP contribution in [0.3, 0.4) is 0 Å². The number of hydrogen-bond donors (Lipinski definition) is 1. The molecule has 24 heavy (non-hydrogen) atoms. The van der Waals surface area contributed by atoms with E-state index in [2.05, 4.69) is 5.32 Å². The van der Waals surface area contributed by atoms with Crippen molar-refractivity contribution in [3.8, 4) is 11.3 Å². The van der Waals surface area contributed by atoms with Gasteiger partial charge in [-0.05, 0) is 29.8 Å². The zero-order valence-electron chi connectivity index (χ0n) is 12.4. The van der Waals surface area contributed by atoms with Gasteiger partial charge in [-0.3, -0.25) is 4.79 Å². The van der Waals surface area contributed by atoms with E-state index in [1.165, 1.54) is 11.2 Å². The van der Waals surface area contributed by atoms with Crippen LogP contribution in [0.15, 0.2) is 34.9 Å². The Morgan fingerprint density at radius 1 is 1.29 bits per heavy atom. The molecule has 0 spiro atoms. The minimum atomic E-state index is -4.59. The van der Waals surface area contributed by atoms with Crippen LogP contribution >= 0.6 is 12.4 Å². The van der Waals surface area contributed by atoms with Crippen molar-refractivity contribution in [3.05, 3.63) is 47.2 Å². The van der Waals surface area contributed by atoms with Crippen molar-refractivity contribution in [1.29, 1.82) is 0 Å². The third-order valence-electron chi connectivity index (χ3n) is 4.36. The Labute approximate surface area is 142 Å². The molecule has 0 radical (unpaired) electrons. The maximum absolute atomic E-state index is 13.5. The lowest BCUT2D eigenvalue weighted by molar-refractivity contribution is -0.137. The van der Waals surface area contributed by atoms with Crippen molar-refractivity contribution in [2.45, 2.75) is 12.2 Å². The van der Waals surface area contributed by atoms with Crippen molar-refractivity contribution < 1.29 is 22.4 Å². The van der Waals surface area contributed by atoms with Crippen LogP contribution < -0.4 is 5.32 Å². The molecule has 1 aromatic carbocycles. The topological polar surface area (TPSA) is 45.5 Å². The largest absolute Gasteiger partial charge is 0.464 e. The second-order valence-electron chi connectivity index (χ2n) is 5.68. The second kappa shape index (κ2) is 5.82. The summed E-state index contributed by atoms with van der Waals surface area (Å²) in [4.78, 5) is 14.0. The molecule has 1 fully saturated rings. The molecule has 4 rings (SSSR count). The molecule has 1 aromatic heterocycles. The standard InChI is InChI=1S/C16H13F3N2O2.ClH/c17-16(18,19)11-7-9(13-2-1-5-23-13)6-10-12-8-20-3-4-21(12)15(22)14(10)11;/h1-2,5-7,12,20H,3-4,8H2;1H/t12-;/m0./s1. The van der Waals surface area contributed by atoms with Crippen molar-refractivity contribution in [2.75, 3.05) is 19.6 Å². The maximum Gasteiger partial charge on any atom is 0.417 e. The highest BCUT2D eigenvalue weighted by Crippen LogP contribution is 2.44. The third-order valence-corrected chi connectivity index (χ3v) is 4.36. The summed E-state index contributed by atoms with van der Waals surface area (Å²) in [6.45, 7) is 1.45. The third kappa shape index (κ3) is 2.48. The van der Waals surface area contributed by atoms with Crippen LogP contribution in [0.1, 0.15) is 27.5 Å². The summed E-state index contributed by atoms with van der Waals surface area (Å²) in [5.41, 5.74) is -0.355. The fourth-order valence-corrected chi connectivity index (χ4v) is 3.34. The fraction of sp³-hybridized carbons (Fsp3) is 0.312. The van der Waals surface area contributed by atoms with Gasteiger partial charge in [-0.2, -0.15) is 13.2 Å². The second-order valence-corrected chi connectivity index (χ2v) is 5.68. The number of furan rings is 1. The Hall–Kier alpha value is -1.99. The number of hydrogen-bond acceptors (Lipinski definition) is 3. The molecule has 8 heteroatoms. The number of carbonyl (C=O) groups excluding carboxylic acids is 1. The Balaban J connectivity index is 0.00000169. The van der Waals surface area contributed by atoms with Gasteiger partial charge >= 0.3 is 6.18 Å². The normalized spacial score (nSPS) is 19.7. The Morgan fingerprint density at radius 3 is 2.75 bits per heavy atom. The predicted octanol–water partition coefficient (Wildman–Crippen LogP) is 3.49. The monoisotopic (exact) mass is 358 g/mol. The van der Waals surface area contributed by atoms with E-state index in [0.717, 1.165) is 6.07 Å². The van der Waals surface area contributed by atoms with E-state index in [-0.39, 0.29) is 24.0 Å². The molecule has 2 aliphatic rings. The van der Waals surface area contributed by atoms with Crippen LogP contribution in [0.5, 0.6) is 0 Å². The molecule has 3 heterocycles. The number of benzene rings is 1. The summed E-state index contributed by atoms with van der Waals surface area (Å²) < 4.78 is 45.7. The molecule has 1 saturated heterocycles. The van der Waals surface area contributed by atoms with Gasteiger partial charge in [0, 0.05) is 25.2 Å². The predicted molar refractivity (Wildman–Crippen MR) is 83.0 cm³/mol. The molecule has 1 atom stereocenters. The summed E-state index contributed by atoms with van der Waals surface area (Å²) in [5, 5.41) is 3.13. The summed E-state index contributed by atoms with van der Waals surface area (Å²) in [6, 6.07) is 5.51. The summed E-state index contributed by atoms with van der Waals surface area (Å²) in [7, 11) is 0. The van der Waals surface area contributed by atoms with Gasteiger partial charge in [0.2, 0.25) is 0 Å². The zero-order valence-corrected chi connectivity index (χ0v) is 13.2. The number of nitrogens with one attached hydrogen (secondary N) is 1. The van der Waals surface area contributed by atoms with E-state index >= 15 is 0 Å². The van der Waals surface area contributed by atoms with Gasteiger partial charge in [0.1, 0.15) is 5.76 Å². The van der Waals surface area contributed by atoms with E-state index < -0.39 is 17.6 Å². The van der Waals surface area contributed by atoms with Crippen LogP contribution in [0.4, 0.5) is 13.2 Å². The smallest absolute Gasteiger partial charge is 0.417 e. The molecule has 0 bridgehead atoms. The quantitative estimate of drug-likeness (QED) is 0.848. The molecule has 2 aromatic rings. The number of fused-ring (bicyclic) bond motifs is 3. The van der Waals surface area contributed by atoms with E-state index in [0.29, 0.717) is 36.5 Å². The number of piperazine rings is 1. The fourth-order valence-electron chi connectivity index (χ4n) is 3.34. The Bertz CT molecular complexity index is 774. The summed E-state index contributed by atoms with van der Waals surface area (Å²) in [6.07, 6.45) is -3.18. The van der Waals surface area contributed by atoms with Gasteiger partial charge in [-0.1, -0.05) is 0 Å². The summed E-state index contributed by atoms with van der Waals surface area (Å²) in [5.74, 6) is -0.183. The van der Waals surface area contributed by atoms with Crippen molar-refractivity contribution in [2.24, 2.45) is 0 Å². The molecular formula is C16H14ClF3N2O2. The number of alkyl halides is 3. The van der Waals surface area contributed by atoms with Gasteiger partial charge < -0.3 is 14.6 Å². The van der Waals surface area contributed by atoms with Gasteiger partial charge in [-0.15, -0.1) is 12.4 Å². The molecule has 1 amide bonds. The van der Waals surface area contributed by atoms with E-state index in [1.54, 1.807) is 18.2 Å². The number of halogens is 4. The lowest BCUT2D eigenvalue weighted by atomic mass is 9.94. The first-order valence-corrected chi connectivity index (χ1v) is 7.27. The average molecular weight is 359 g/mol. The highest BCUT2D eigenvalue weighted by atomic mass is 35.5. The number of nitrogens with zero attached hydrogens (tertiary/aromatic N) is 1. The average Bonchev–Trinajstić information content (AvgIpc) is 3.14. The lowest BCUT2D eigenvalue weighted by Gasteiger charge is -2.30. The minimum absolute atomic E-state index is 0. The maximum atomic E-state index is 13.5. The SMILES string of the molecule is Cl.O=C1c2c(cc(-c3ccco3)cc2C(F)(F)F)[C@@H]2CNCCN12. The van der Waals surface area contributed by atoms with Crippen molar-refractivity contribution >= 4 is 18.3 Å².